The minimum absolute atomic E-state index is 0.0162. The van der Waals surface area contributed by atoms with E-state index >= 15 is 0 Å². The van der Waals surface area contributed by atoms with Crippen LogP contribution in [0, 0.1) is 0 Å². The molecule has 1 fully saturated rings. The number of piperidine rings is 1. The zero-order valence-corrected chi connectivity index (χ0v) is 12.5. The predicted octanol–water partition coefficient (Wildman–Crippen LogP) is 1.72. The van der Waals surface area contributed by atoms with Crippen molar-refractivity contribution < 1.29 is 9.90 Å². The highest BCUT2D eigenvalue weighted by atomic mass is 35.5. The molecule has 0 spiro atoms. The van der Waals surface area contributed by atoms with Gasteiger partial charge in [0.15, 0.2) is 0 Å². The summed E-state index contributed by atoms with van der Waals surface area (Å²) in [5.41, 5.74) is 0.341. The second-order valence-corrected chi connectivity index (χ2v) is 5.70. The zero-order valence-electron chi connectivity index (χ0n) is 11.8. The van der Waals surface area contributed by atoms with Crippen molar-refractivity contribution in [3.63, 3.8) is 0 Å². The first-order chi connectivity index (χ1) is 9.54. The van der Waals surface area contributed by atoms with Crippen LogP contribution >= 0.6 is 11.6 Å². The average Bonchev–Trinajstić information content (AvgIpc) is 2.48. The molecule has 1 saturated heterocycles. The number of benzene rings is 1. The van der Waals surface area contributed by atoms with Gasteiger partial charge in [-0.15, -0.1) is 11.6 Å². The average molecular weight is 297 g/mol. The largest absolute Gasteiger partial charge is 0.388 e. The first kappa shape index (κ1) is 15.1. The van der Waals surface area contributed by atoms with E-state index in [1.54, 1.807) is 4.90 Å². The Hall–Kier alpha value is -1.26. The van der Waals surface area contributed by atoms with Gasteiger partial charge in [-0.3, -0.25) is 4.79 Å². The number of carbonyl (C=O) groups is 1. The van der Waals surface area contributed by atoms with Crippen LogP contribution in [0.25, 0.3) is 0 Å². The van der Waals surface area contributed by atoms with Crippen LogP contribution in [0.2, 0.25) is 0 Å². The van der Waals surface area contributed by atoms with E-state index in [0.717, 1.165) is 5.69 Å². The van der Waals surface area contributed by atoms with Gasteiger partial charge in [-0.2, -0.15) is 0 Å². The van der Waals surface area contributed by atoms with Gasteiger partial charge in [-0.25, -0.2) is 0 Å². The number of amides is 1. The van der Waals surface area contributed by atoms with Crippen LogP contribution in [-0.2, 0) is 4.79 Å². The summed E-state index contributed by atoms with van der Waals surface area (Å²) in [5, 5.41) is 10.7. The maximum Gasteiger partial charge on any atom is 0.237 e. The second kappa shape index (κ2) is 6.46. The van der Waals surface area contributed by atoms with E-state index in [0.29, 0.717) is 32.5 Å². The van der Waals surface area contributed by atoms with Crippen LogP contribution in [0.4, 0.5) is 5.69 Å². The molecule has 1 aliphatic rings. The number of nitrogens with zero attached hydrogens (tertiary/aromatic N) is 2. The lowest BCUT2D eigenvalue weighted by molar-refractivity contribution is -0.132. The van der Waals surface area contributed by atoms with Crippen molar-refractivity contribution in [2.24, 2.45) is 0 Å². The number of rotatable bonds is 4. The lowest BCUT2D eigenvalue weighted by atomic mass is 9.90. The molecule has 20 heavy (non-hydrogen) atoms. The molecule has 110 valence electrons. The number of likely N-dealkylation sites (N-methyl/N-ethyl adjacent to an activating group) is 1. The topological polar surface area (TPSA) is 43.8 Å². The Labute approximate surface area is 124 Å². The summed E-state index contributed by atoms with van der Waals surface area (Å²) in [4.78, 5) is 15.3. The van der Waals surface area contributed by atoms with Crippen LogP contribution in [-0.4, -0.2) is 54.1 Å². The van der Waals surface area contributed by atoms with E-state index < -0.39 is 5.60 Å². The SMILES string of the molecule is CN(CC1(O)CCN(C(=O)CCl)CC1)c1ccccc1. The normalized spacial score (nSPS) is 17.9. The highest BCUT2D eigenvalue weighted by Crippen LogP contribution is 2.25. The number of likely N-dealkylation sites (tertiary alicyclic amines) is 1. The van der Waals surface area contributed by atoms with Crippen molar-refractivity contribution in [3.05, 3.63) is 30.3 Å². The van der Waals surface area contributed by atoms with Crippen LogP contribution in [0.5, 0.6) is 0 Å². The van der Waals surface area contributed by atoms with E-state index in [4.69, 9.17) is 11.6 Å². The molecule has 0 aromatic heterocycles. The lowest BCUT2D eigenvalue weighted by Gasteiger charge is -2.40. The smallest absolute Gasteiger partial charge is 0.237 e. The number of alkyl halides is 1. The van der Waals surface area contributed by atoms with Crippen LogP contribution in [0.1, 0.15) is 12.8 Å². The Bertz CT molecular complexity index is 444. The summed E-state index contributed by atoms with van der Waals surface area (Å²) in [6, 6.07) is 9.99. The molecule has 0 aliphatic carbocycles. The molecule has 0 unspecified atom stereocenters. The molecule has 1 N–H and O–H groups in total. The maximum atomic E-state index is 11.5. The van der Waals surface area contributed by atoms with Gasteiger partial charge in [0, 0.05) is 32.4 Å². The first-order valence-electron chi connectivity index (χ1n) is 6.86. The predicted molar refractivity (Wildman–Crippen MR) is 81.2 cm³/mol. The van der Waals surface area contributed by atoms with E-state index in [2.05, 4.69) is 4.90 Å². The van der Waals surface area contributed by atoms with Gasteiger partial charge in [-0.05, 0) is 25.0 Å². The maximum absolute atomic E-state index is 11.5. The van der Waals surface area contributed by atoms with Gasteiger partial charge < -0.3 is 14.9 Å². The molecule has 0 bridgehead atoms. The first-order valence-corrected chi connectivity index (χ1v) is 7.40. The number of para-hydroxylation sites is 1. The van der Waals surface area contributed by atoms with Crippen molar-refractivity contribution in [2.45, 2.75) is 18.4 Å². The fourth-order valence-corrected chi connectivity index (χ4v) is 2.80. The molecule has 1 aromatic carbocycles. The monoisotopic (exact) mass is 296 g/mol. The summed E-state index contributed by atoms with van der Waals surface area (Å²) in [6.45, 7) is 1.72. The van der Waals surface area contributed by atoms with E-state index in [9.17, 15) is 9.90 Å². The summed E-state index contributed by atoms with van der Waals surface area (Å²) in [5.74, 6) is -0.0346. The van der Waals surface area contributed by atoms with Gasteiger partial charge in [0.25, 0.3) is 0 Å². The standard InChI is InChI=1S/C15H21ClN2O2/c1-17(13-5-3-2-4-6-13)12-15(20)7-9-18(10-8-15)14(19)11-16/h2-6,20H,7-12H2,1H3. The van der Waals surface area contributed by atoms with Crippen molar-refractivity contribution in [3.8, 4) is 0 Å². The molecule has 1 amide bonds. The van der Waals surface area contributed by atoms with Gasteiger partial charge in [-0.1, -0.05) is 18.2 Å². The third kappa shape index (κ3) is 3.64. The highest BCUT2D eigenvalue weighted by molar-refractivity contribution is 6.27. The van der Waals surface area contributed by atoms with Crippen molar-refractivity contribution in [1.29, 1.82) is 0 Å². The lowest BCUT2D eigenvalue weighted by Crippen LogP contribution is -2.51. The minimum atomic E-state index is -0.742. The third-order valence-electron chi connectivity index (χ3n) is 3.89. The molecule has 2 rings (SSSR count). The number of anilines is 1. The van der Waals surface area contributed by atoms with Crippen LogP contribution in [0.15, 0.2) is 30.3 Å². The summed E-state index contributed by atoms with van der Waals surface area (Å²) < 4.78 is 0. The van der Waals surface area contributed by atoms with Gasteiger partial charge in [0.1, 0.15) is 5.88 Å². The van der Waals surface area contributed by atoms with Crippen molar-refractivity contribution >= 4 is 23.2 Å². The number of hydrogen-bond donors (Lipinski definition) is 1. The molecule has 5 heteroatoms. The fourth-order valence-electron chi connectivity index (χ4n) is 2.63. The van der Waals surface area contributed by atoms with E-state index in [-0.39, 0.29) is 11.8 Å². The van der Waals surface area contributed by atoms with Gasteiger partial charge >= 0.3 is 0 Å². The van der Waals surface area contributed by atoms with E-state index in [1.165, 1.54) is 0 Å². The van der Waals surface area contributed by atoms with Crippen molar-refractivity contribution in [2.75, 3.05) is 37.5 Å². The number of aliphatic hydroxyl groups is 1. The van der Waals surface area contributed by atoms with Gasteiger partial charge in [0.2, 0.25) is 5.91 Å². The van der Waals surface area contributed by atoms with Crippen LogP contribution in [0.3, 0.4) is 0 Å². The summed E-state index contributed by atoms with van der Waals surface area (Å²) >= 11 is 5.56. The Kier molecular flexibility index (Phi) is 4.89. The Morgan fingerprint density at radius 3 is 2.50 bits per heavy atom. The Morgan fingerprint density at radius 1 is 1.35 bits per heavy atom. The molecule has 0 radical (unpaired) electrons. The third-order valence-corrected chi connectivity index (χ3v) is 4.12. The molecular weight excluding hydrogens is 276 g/mol. The van der Waals surface area contributed by atoms with Crippen molar-refractivity contribution in [1.82, 2.24) is 4.90 Å². The molecule has 1 aromatic rings. The molecule has 0 atom stereocenters. The summed E-state index contributed by atoms with van der Waals surface area (Å²) in [6.07, 6.45) is 1.18. The fraction of sp³-hybridized carbons (Fsp3) is 0.533. The van der Waals surface area contributed by atoms with Gasteiger partial charge in [0.05, 0.1) is 5.60 Å². The highest BCUT2D eigenvalue weighted by Gasteiger charge is 2.34. The Balaban J connectivity index is 1.92. The quantitative estimate of drug-likeness (QED) is 0.861. The Morgan fingerprint density at radius 2 is 1.95 bits per heavy atom. The van der Waals surface area contributed by atoms with Crippen LogP contribution < -0.4 is 4.90 Å². The van der Waals surface area contributed by atoms with E-state index in [1.807, 2.05) is 37.4 Å². The number of carbonyl (C=O) groups excluding carboxylic acids is 1. The molecule has 1 aliphatic heterocycles. The minimum Gasteiger partial charge on any atom is -0.388 e. The second-order valence-electron chi connectivity index (χ2n) is 5.43. The number of halogens is 1. The molecule has 1 heterocycles. The number of hydrogen-bond acceptors (Lipinski definition) is 3. The molecular formula is C15H21ClN2O2. The molecule has 0 saturated carbocycles. The summed E-state index contributed by atoms with van der Waals surface area (Å²) in [7, 11) is 1.98. The zero-order chi connectivity index (χ0) is 14.6. The molecule has 4 nitrogen and oxygen atoms in total.